The number of alkyl halides is 3. The molecule has 0 aliphatic rings. The lowest BCUT2D eigenvalue weighted by Crippen LogP contribution is -2.16. The van der Waals surface area contributed by atoms with Crippen LogP contribution in [0.5, 0.6) is 0 Å². The number of aromatic amines is 1. The highest BCUT2D eigenvalue weighted by atomic mass is 19.4. The highest BCUT2D eigenvalue weighted by Gasteiger charge is 2.38. The summed E-state index contributed by atoms with van der Waals surface area (Å²) in [6.45, 7) is -0.0347. The van der Waals surface area contributed by atoms with Gasteiger partial charge >= 0.3 is 6.18 Å². The molecule has 0 unspecified atom stereocenters. The minimum Gasteiger partial charge on any atom is -0.272 e. The van der Waals surface area contributed by atoms with Crippen LogP contribution in [0.25, 0.3) is 22.6 Å². The minimum atomic E-state index is -4.62. The van der Waals surface area contributed by atoms with Gasteiger partial charge in [-0.2, -0.15) is 18.3 Å². The van der Waals surface area contributed by atoms with Crippen LogP contribution in [0.1, 0.15) is 11.4 Å². The Labute approximate surface area is 139 Å². The molecule has 0 spiro atoms. The second-order valence-electron chi connectivity index (χ2n) is 5.37. The van der Waals surface area contributed by atoms with Gasteiger partial charge in [-0.25, -0.2) is 14.6 Å². The van der Waals surface area contributed by atoms with Crippen LogP contribution in [0.3, 0.4) is 0 Å². The Hall–Kier alpha value is -3.23. The standard InChI is InChI=1S/C16H11F3N6/c17-16(18,19)15-21-14(12-11-7-4-8-20-13(11)23-22-12)24-25(15)9-10-5-2-1-3-6-10/h1-8H,9H2,(H,20,22,23). The van der Waals surface area contributed by atoms with Crippen LogP contribution in [0.15, 0.2) is 48.7 Å². The Bertz CT molecular complexity index is 1020. The molecular formula is C16H11F3N6. The van der Waals surface area contributed by atoms with E-state index >= 15 is 0 Å². The molecule has 0 bridgehead atoms. The van der Waals surface area contributed by atoms with Gasteiger partial charge < -0.3 is 0 Å². The van der Waals surface area contributed by atoms with Gasteiger partial charge in [-0.1, -0.05) is 30.3 Å². The molecule has 0 radical (unpaired) electrons. The van der Waals surface area contributed by atoms with E-state index in [9.17, 15) is 13.2 Å². The topological polar surface area (TPSA) is 72.3 Å². The van der Waals surface area contributed by atoms with Crippen molar-refractivity contribution in [1.82, 2.24) is 29.9 Å². The summed E-state index contributed by atoms with van der Waals surface area (Å²) in [4.78, 5) is 7.74. The maximum absolute atomic E-state index is 13.4. The monoisotopic (exact) mass is 344 g/mol. The fourth-order valence-corrected chi connectivity index (χ4v) is 2.55. The largest absolute Gasteiger partial charge is 0.451 e. The van der Waals surface area contributed by atoms with E-state index in [1.807, 2.05) is 0 Å². The van der Waals surface area contributed by atoms with E-state index in [0.717, 1.165) is 4.68 Å². The predicted octanol–water partition coefficient (Wildman–Crippen LogP) is 3.28. The van der Waals surface area contributed by atoms with Crippen molar-refractivity contribution in [2.45, 2.75) is 12.7 Å². The lowest BCUT2D eigenvalue weighted by molar-refractivity contribution is -0.147. The number of aromatic nitrogens is 6. The highest BCUT2D eigenvalue weighted by molar-refractivity contribution is 5.88. The predicted molar refractivity (Wildman–Crippen MR) is 83.5 cm³/mol. The molecule has 0 aliphatic carbocycles. The maximum atomic E-state index is 13.4. The number of hydrogen-bond donors (Lipinski definition) is 1. The summed E-state index contributed by atoms with van der Waals surface area (Å²) < 4.78 is 40.9. The van der Waals surface area contributed by atoms with Crippen LogP contribution in [0.4, 0.5) is 13.2 Å². The quantitative estimate of drug-likeness (QED) is 0.619. The maximum Gasteiger partial charge on any atom is 0.451 e. The van der Waals surface area contributed by atoms with Gasteiger partial charge in [0, 0.05) is 6.20 Å². The first-order valence-electron chi connectivity index (χ1n) is 7.38. The molecule has 0 amide bonds. The summed E-state index contributed by atoms with van der Waals surface area (Å²) in [5.74, 6) is -1.13. The Morgan fingerprint density at radius 1 is 1.04 bits per heavy atom. The van der Waals surface area contributed by atoms with Crippen molar-refractivity contribution in [2.75, 3.05) is 0 Å². The van der Waals surface area contributed by atoms with Crippen LogP contribution >= 0.6 is 0 Å². The van der Waals surface area contributed by atoms with E-state index < -0.39 is 12.0 Å². The van der Waals surface area contributed by atoms with Crippen molar-refractivity contribution in [3.05, 3.63) is 60.0 Å². The van der Waals surface area contributed by atoms with Crippen LogP contribution < -0.4 is 0 Å². The Morgan fingerprint density at radius 2 is 1.84 bits per heavy atom. The SMILES string of the molecule is FC(F)(F)c1nc(-c2[nH]nc3ncccc23)nn1Cc1ccccc1. The minimum absolute atomic E-state index is 0.0347. The number of halogens is 3. The van der Waals surface area contributed by atoms with Crippen LogP contribution in [-0.2, 0) is 12.7 Å². The first-order valence-corrected chi connectivity index (χ1v) is 7.38. The number of fused-ring (bicyclic) bond motifs is 1. The zero-order chi connectivity index (χ0) is 17.4. The summed E-state index contributed by atoms with van der Waals surface area (Å²) >= 11 is 0. The number of benzene rings is 1. The average molecular weight is 344 g/mol. The summed E-state index contributed by atoms with van der Waals surface area (Å²) in [7, 11) is 0. The molecule has 6 nitrogen and oxygen atoms in total. The fourth-order valence-electron chi connectivity index (χ4n) is 2.55. The van der Waals surface area contributed by atoms with Crippen molar-refractivity contribution in [3.63, 3.8) is 0 Å². The molecule has 0 saturated heterocycles. The Balaban J connectivity index is 1.82. The fraction of sp³-hybridized carbons (Fsp3) is 0.125. The van der Waals surface area contributed by atoms with Crippen molar-refractivity contribution in [3.8, 4) is 11.5 Å². The molecule has 3 aromatic heterocycles. The van der Waals surface area contributed by atoms with E-state index in [4.69, 9.17) is 0 Å². The van der Waals surface area contributed by atoms with Crippen molar-refractivity contribution in [1.29, 1.82) is 0 Å². The third kappa shape index (κ3) is 2.84. The van der Waals surface area contributed by atoms with E-state index in [1.165, 1.54) is 0 Å². The van der Waals surface area contributed by atoms with Gasteiger partial charge in [0.15, 0.2) is 11.5 Å². The summed E-state index contributed by atoms with van der Waals surface area (Å²) in [5.41, 5.74) is 1.39. The number of nitrogens with one attached hydrogen (secondary N) is 1. The van der Waals surface area contributed by atoms with Gasteiger partial charge in [0.1, 0.15) is 5.69 Å². The number of H-pyrrole nitrogens is 1. The van der Waals surface area contributed by atoms with Gasteiger partial charge in [-0.15, -0.1) is 5.10 Å². The third-order valence-electron chi connectivity index (χ3n) is 3.65. The zero-order valence-electron chi connectivity index (χ0n) is 12.7. The van der Waals surface area contributed by atoms with Crippen molar-refractivity contribution in [2.24, 2.45) is 0 Å². The Morgan fingerprint density at radius 3 is 2.60 bits per heavy atom. The molecule has 3 heterocycles. The smallest absolute Gasteiger partial charge is 0.272 e. The van der Waals surface area contributed by atoms with Gasteiger partial charge in [-0.05, 0) is 17.7 Å². The molecule has 0 atom stereocenters. The van der Waals surface area contributed by atoms with E-state index in [2.05, 4.69) is 25.3 Å². The molecule has 25 heavy (non-hydrogen) atoms. The van der Waals surface area contributed by atoms with Crippen LogP contribution in [-0.4, -0.2) is 29.9 Å². The molecule has 0 saturated carbocycles. The van der Waals surface area contributed by atoms with E-state index in [-0.39, 0.29) is 12.4 Å². The first-order chi connectivity index (χ1) is 12.0. The average Bonchev–Trinajstić information content (AvgIpc) is 3.19. The van der Waals surface area contributed by atoms with Gasteiger partial charge in [0.05, 0.1) is 11.9 Å². The van der Waals surface area contributed by atoms with Gasteiger partial charge in [0.2, 0.25) is 5.82 Å². The molecule has 4 rings (SSSR count). The lowest BCUT2D eigenvalue weighted by atomic mass is 10.2. The lowest BCUT2D eigenvalue weighted by Gasteiger charge is -2.08. The van der Waals surface area contributed by atoms with Gasteiger partial charge in [0.25, 0.3) is 0 Å². The van der Waals surface area contributed by atoms with Crippen LogP contribution in [0.2, 0.25) is 0 Å². The van der Waals surface area contributed by atoms with Crippen LogP contribution in [0, 0.1) is 0 Å². The second kappa shape index (κ2) is 5.69. The van der Waals surface area contributed by atoms with Crippen molar-refractivity contribution < 1.29 is 13.2 Å². The number of nitrogens with zero attached hydrogens (tertiary/aromatic N) is 5. The molecular weight excluding hydrogens is 333 g/mol. The summed E-state index contributed by atoms with van der Waals surface area (Å²) in [6.07, 6.45) is -3.07. The number of hydrogen-bond acceptors (Lipinski definition) is 4. The molecule has 126 valence electrons. The summed E-state index contributed by atoms with van der Waals surface area (Å²) in [5, 5.41) is 11.3. The molecule has 0 fully saturated rings. The van der Waals surface area contributed by atoms with E-state index in [1.54, 1.807) is 48.7 Å². The van der Waals surface area contributed by atoms with E-state index in [0.29, 0.717) is 22.3 Å². The number of rotatable bonds is 3. The molecule has 4 aromatic rings. The number of pyridine rings is 1. The first kappa shape index (κ1) is 15.3. The molecule has 1 N–H and O–H groups in total. The highest BCUT2D eigenvalue weighted by Crippen LogP contribution is 2.31. The third-order valence-corrected chi connectivity index (χ3v) is 3.65. The molecule has 0 aliphatic heterocycles. The second-order valence-corrected chi connectivity index (χ2v) is 5.37. The van der Waals surface area contributed by atoms with Gasteiger partial charge in [-0.3, -0.25) is 5.10 Å². The molecule has 9 heteroatoms. The Kier molecular flexibility index (Phi) is 3.48. The molecule has 1 aromatic carbocycles. The summed E-state index contributed by atoms with van der Waals surface area (Å²) in [6, 6.07) is 12.2. The zero-order valence-corrected chi connectivity index (χ0v) is 12.7. The van der Waals surface area contributed by atoms with Crippen molar-refractivity contribution >= 4 is 11.0 Å². The normalized spacial score (nSPS) is 12.0.